The Morgan fingerprint density at radius 1 is 1.38 bits per heavy atom. The van der Waals surface area contributed by atoms with Gasteiger partial charge in [0.05, 0.1) is 13.2 Å². The highest BCUT2D eigenvalue weighted by Crippen LogP contribution is 2.22. The largest absolute Gasteiger partial charge is 0.388 e. The van der Waals surface area contributed by atoms with Gasteiger partial charge >= 0.3 is 0 Å². The summed E-state index contributed by atoms with van der Waals surface area (Å²) in [6.07, 6.45) is 0. The molecule has 0 saturated carbocycles. The van der Waals surface area contributed by atoms with Crippen LogP contribution in [0.3, 0.4) is 0 Å². The lowest BCUT2D eigenvalue weighted by atomic mass is 10.0. The van der Waals surface area contributed by atoms with Crippen LogP contribution in [0.15, 0.2) is 0 Å². The summed E-state index contributed by atoms with van der Waals surface area (Å²) >= 11 is 0. The molecule has 8 heteroatoms. The molecule has 1 saturated heterocycles. The molecule has 1 aromatic rings. The lowest BCUT2D eigenvalue weighted by molar-refractivity contribution is -0.167. The molecule has 3 heterocycles. The molecule has 21 heavy (non-hydrogen) atoms. The molecule has 2 aliphatic heterocycles. The summed E-state index contributed by atoms with van der Waals surface area (Å²) in [7, 11) is 1.99. The van der Waals surface area contributed by atoms with Crippen molar-refractivity contribution >= 4 is 5.91 Å². The number of fused-ring (bicyclic) bond motifs is 1. The van der Waals surface area contributed by atoms with Crippen molar-refractivity contribution in [3.8, 4) is 0 Å². The van der Waals surface area contributed by atoms with Gasteiger partial charge in [0.2, 0.25) is 0 Å². The lowest BCUT2D eigenvalue weighted by Crippen LogP contribution is -2.59. The van der Waals surface area contributed by atoms with Gasteiger partial charge in [-0.15, -0.1) is 10.2 Å². The smallest absolute Gasteiger partial charge is 0.256 e. The Balaban J connectivity index is 1.75. The van der Waals surface area contributed by atoms with E-state index in [2.05, 4.69) is 15.1 Å². The van der Waals surface area contributed by atoms with Gasteiger partial charge in [-0.05, 0) is 14.0 Å². The molecular weight excluding hydrogens is 274 g/mol. The molecule has 0 radical (unpaired) electrons. The van der Waals surface area contributed by atoms with Gasteiger partial charge in [0.25, 0.3) is 5.91 Å². The van der Waals surface area contributed by atoms with E-state index in [1.54, 1.807) is 4.90 Å². The zero-order chi connectivity index (χ0) is 15.0. The van der Waals surface area contributed by atoms with Gasteiger partial charge in [0, 0.05) is 26.2 Å². The number of aliphatic hydroxyl groups is 1. The van der Waals surface area contributed by atoms with Gasteiger partial charge in [-0.25, -0.2) is 0 Å². The van der Waals surface area contributed by atoms with Crippen LogP contribution in [0.1, 0.15) is 18.6 Å². The second-order valence-electron chi connectivity index (χ2n) is 5.89. The fourth-order valence-corrected chi connectivity index (χ4v) is 3.04. The Hall–Kier alpha value is -1.51. The first-order valence-corrected chi connectivity index (χ1v) is 7.17. The Bertz CT molecular complexity index is 546. The Kier molecular flexibility index (Phi) is 3.68. The van der Waals surface area contributed by atoms with Gasteiger partial charge in [-0.2, -0.15) is 0 Å². The molecule has 1 fully saturated rings. The Morgan fingerprint density at radius 2 is 2.19 bits per heavy atom. The number of nitrogens with zero attached hydrogens (tertiary/aromatic N) is 5. The predicted octanol–water partition coefficient (Wildman–Crippen LogP) is -1.17. The summed E-state index contributed by atoms with van der Waals surface area (Å²) in [4.78, 5) is 16.7. The normalized spacial score (nSPS) is 26.7. The van der Waals surface area contributed by atoms with Crippen LogP contribution in [0.2, 0.25) is 0 Å². The third-order valence-electron chi connectivity index (χ3n) is 4.18. The zero-order valence-corrected chi connectivity index (χ0v) is 12.4. The molecule has 1 amide bonds. The first kappa shape index (κ1) is 14.4. The number of likely N-dealkylation sites (N-methyl/N-ethyl adjacent to an activating group) is 1. The number of morpholine rings is 1. The number of carbonyl (C=O) groups is 1. The molecule has 0 bridgehead atoms. The highest BCUT2D eigenvalue weighted by Gasteiger charge is 2.42. The maximum absolute atomic E-state index is 12.8. The highest BCUT2D eigenvalue weighted by atomic mass is 16.5. The summed E-state index contributed by atoms with van der Waals surface area (Å²) in [6.45, 7) is 5.32. The molecule has 0 spiro atoms. The molecule has 1 unspecified atom stereocenters. The zero-order valence-electron chi connectivity index (χ0n) is 12.4. The second-order valence-corrected chi connectivity index (χ2v) is 5.89. The summed E-state index contributed by atoms with van der Waals surface area (Å²) < 4.78 is 7.62. The van der Waals surface area contributed by atoms with Crippen molar-refractivity contribution in [1.82, 2.24) is 24.6 Å². The second kappa shape index (κ2) is 5.36. The molecule has 2 aliphatic rings. The molecule has 1 N–H and O–H groups in total. The van der Waals surface area contributed by atoms with Crippen LogP contribution in [0, 0.1) is 0 Å². The van der Waals surface area contributed by atoms with Crippen molar-refractivity contribution in [1.29, 1.82) is 0 Å². The minimum Gasteiger partial charge on any atom is -0.388 e. The number of rotatable bonds is 2. The van der Waals surface area contributed by atoms with Crippen LogP contribution < -0.4 is 0 Å². The fourth-order valence-electron chi connectivity index (χ4n) is 3.04. The van der Waals surface area contributed by atoms with E-state index in [-0.39, 0.29) is 12.5 Å². The summed E-state index contributed by atoms with van der Waals surface area (Å²) in [5, 5.41) is 17.2. The van der Waals surface area contributed by atoms with Crippen molar-refractivity contribution in [2.24, 2.45) is 0 Å². The number of amides is 1. The van der Waals surface area contributed by atoms with E-state index in [0.717, 1.165) is 6.54 Å². The van der Waals surface area contributed by atoms with Gasteiger partial charge in [-0.1, -0.05) is 0 Å². The van der Waals surface area contributed by atoms with E-state index in [1.807, 2.05) is 18.5 Å². The van der Waals surface area contributed by atoms with Crippen molar-refractivity contribution in [3.63, 3.8) is 0 Å². The van der Waals surface area contributed by atoms with Crippen LogP contribution in [-0.4, -0.2) is 74.5 Å². The molecule has 3 rings (SSSR count). The molecule has 0 aliphatic carbocycles. The number of hydrogen-bond acceptors (Lipinski definition) is 6. The molecule has 8 nitrogen and oxygen atoms in total. The van der Waals surface area contributed by atoms with E-state index in [0.29, 0.717) is 44.4 Å². The number of aromatic nitrogens is 3. The molecule has 116 valence electrons. The minimum absolute atomic E-state index is 0.00570. The predicted molar refractivity (Wildman–Crippen MR) is 73.2 cm³/mol. The van der Waals surface area contributed by atoms with Crippen molar-refractivity contribution in [2.45, 2.75) is 32.2 Å². The van der Waals surface area contributed by atoms with Crippen molar-refractivity contribution in [3.05, 3.63) is 11.6 Å². The minimum atomic E-state index is -0.797. The van der Waals surface area contributed by atoms with Crippen LogP contribution in [0.25, 0.3) is 0 Å². The van der Waals surface area contributed by atoms with Gasteiger partial charge in [-0.3, -0.25) is 4.79 Å². The number of hydrogen-bond donors (Lipinski definition) is 1. The van der Waals surface area contributed by atoms with Crippen molar-refractivity contribution < 1.29 is 14.6 Å². The molecule has 0 aromatic carbocycles. The fraction of sp³-hybridized carbons (Fsp3) is 0.769. The van der Waals surface area contributed by atoms with E-state index >= 15 is 0 Å². The van der Waals surface area contributed by atoms with E-state index in [1.165, 1.54) is 0 Å². The van der Waals surface area contributed by atoms with E-state index in [9.17, 15) is 9.90 Å². The third kappa shape index (κ3) is 2.54. The van der Waals surface area contributed by atoms with Crippen LogP contribution in [0.4, 0.5) is 0 Å². The average Bonchev–Trinajstić information content (AvgIpc) is 2.88. The number of ether oxygens (including phenoxy) is 1. The standard InChI is InChI=1S/C13H21N5O3/c1-13(9-16(2)5-6-21-13)12(20)17-3-4-18-10(7-17)14-15-11(18)8-19/h19H,3-9H2,1-2H3. The molecule has 1 atom stereocenters. The maximum atomic E-state index is 12.8. The topological polar surface area (TPSA) is 83.7 Å². The number of carbonyl (C=O) groups excluding carboxylic acids is 1. The van der Waals surface area contributed by atoms with E-state index < -0.39 is 5.60 Å². The van der Waals surface area contributed by atoms with Crippen LogP contribution in [0.5, 0.6) is 0 Å². The molecular formula is C13H21N5O3. The van der Waals surface area contributed by atoms with E-state index in [4.69, 9.17) is 4.74 Å². The third-order valence-corrected chi connectivity index (χ3v) is 4.18. The summed E-state index contributed by atoms with van der Waals surface area (Å²) in [5.74, 6) is 1.26. The maximum Gasteiger partial charge on any atom is 0.256 e. The Morgan fingerprint density at radius 3 is 2.90 bits per heavy atom. The average molecular weight is 295 g/mol. The molecule has 1 aromatic heterocycles. The first-order valence-electron chi connectivity index (χ1n) is 7.17. The summed E-state index contributed by atoms with van der Waals surface area (Å²) in [6, 6.07) is 0. The lowest BCUT2D eigenvalue weighted by Gasteiger charge is -2.41. The van der Waals surface area contributed by atoms with Crippen molar-refractivity contribution in [2.75, 3.05) is 33.3 Å². The summed E-state index contributed by atoms with van der Waals surface area (Å²) in [5.41, 5.74) is -0.797. The first-order chi connectivity index (χ1) is 10.0. The van der Waals surface area contributed by atoms with Gasteiger partial charge in [0.1, 0.15) is 6.61 Å². The Labute approximate surface area is 123 Å². The van der Waals surface area contributed by atoms with Gasteiger partial charge < -0.3 is 24.2 Å². The quantitative estimate of drug-likeness (QED) is 0.740. The SMILES string of the molecule is CN1CCOC(C)(C(=O)N2CCn3c(CO)nnc3C2)C1. The van der Waals surface area contributed by atoms with Crippen LogP contribution in [-0.2, 0) is 29.2 Å². The van der Waals surface area contributed by atoms with Gasteiger partial charge in [0.15, 0.2) is 17.2 Å². The number of aliphatic hydroxyl groups excluding tert-OH is 1. The van der Waals surface area contributed by atoms with Crippen LogP contribution >= 0.6 is 0 Å². The monoisotopic (exact) mass is 295 g/mol. The highest BCUT2D eigenvalue weighted by molar-refractivity contribution is 5.85.